The maximum atomic E-state index is 5.28. The van der Waals surface area contributed by atoms with E-state index in [2.05, 4.69) is 4.99 Å². The summed E-state index contributed by atoms with van der Waals surface area (Å²) in [6.45, 7) is 1.83. The first-order valence-electron chi connectivity index (χ1n) is 2.59. The molecule has 2 N–H and O–H groups in total. The van der Waals surface area contributed by atoms with Crippen molar-refractivity contribution in [3.8, 4) is 0 Å². The minimum absolute atomic E-state index is 0.588. The van der Waals surface area contributed by atoms with Crippen molar-refractivity contribution in [3.63, 3.8) is 0 Å². The van der Waals surface area contributed by atoms with Crippen LogP contribution in [0.15, 0.2) is 4.99 Å². The van der Waals surface area contributed by atoms with Gasteiger partial charge in [-0.05, 0) is 19.8 Å². The van der Waals surface area contributed by atoms with Gasteiger partial charge in [-0.25, -0.2) is 0 Å². The van der Waals surface area contributed by atoms with Gasteiger partial charge in [-0.15, -0.1) is 0 Å². The van der Waals surface area contributed by atoms with E-state index >= 15 is 0 Å². The van der Waals surface area contributed by atoms with Crippen molar-refractivity contribution in [2.45, 2.75) is 25.8 Å². The maximum Gasteiger partial charge on any atom is 0.0909 e. The third-order valence-electron chi connectivity index (χ3n) is 0.933. The Bertz CT molecular complexity index is 88.3. The molecule has 0 aromatic carbocycles. The summed E-state index contributed by atoms with van der Waals surface area (Å²) >= 11 is 0. The molecule has 0 spiro atoms. The highest BCUT2D eigenvalue weighted by Crippen LogP contribution is 2.22. The second-order valence-electron chi connectivity index (χ2n) is 2.00. The summed E-state index contributed by atoms with van der Waals surface area (Å²) in [5.74, 6) is 0.725. The lowest BCUT2D eigenvalue weighted by atomic mass is 10.6. The normalized spacial score (nSPS) is 22.7. The molecular weight excluding hydrogens is 88.1 g/mol. The Morgan fingerprint density at radius 1 is 1.71 bits per heavy atom. The van der Waals surface area contributed by atoms with Gasteiger partial charge in [0.2, 0.25) is 0 Å². The summed E-state index contributed by atoms with van der Waals surface area (Å²) in [5, 5.41) is 0. The van der Waals surface area contributed by atoms with Crippen molar-refractivity contribution in [1.82, 2.24) is 0 Å². The van der Waals surface area contributed by atoms with E-state index in [0.717, 1.165) is 5.84 Å². The summed E-state index contributed by atoms with van der Waals surface area (Å²) in [7, 11) is 0. The van der Waals surface area contributed by atoms with E-state index in [0.29, 0.717) is 6.04 Å². The fraction of sp³-hybridized carbons (Fsp3) is 0.800. The maximum absolute atomic E-state index is 5.28. The van der Waals surface area contributed by atoms with Crippen LogP contribution < -0.4 is 5.73 Å². The van der Waals surface area contributed by atoms with Gasteiger partial charge >= 0.3 is 0 Å². The third-order valence-corrected chi connectivity index (χ3v) is 0.933. The second kappa shape index (κ2) is 1.52. The van der Waals surface area contributed by atoms with E-state index in [-0.39, 0.29) is 0 Å². The Kier molecular flexibility index (Phi) is 1.01. The highest BCUT2D eigenvalue weighted by atomic mass is 14.9. The monoisotopic (exact) mass is 98.1 g/mol. The molecule has 7 heavy (non-hydrogen) atoms. The van der Waals surface area contributed by atoms with Gasteiger partial charge < -0.3 is 5.73 Å². The Balaban J connectivity index is 2.29. The fourth-order valence-corrected chi connectivity index (χ4v) is 0.492. The number of hydrogen-bond acceptors (Lipinski definition) is 1. The zero-order chi connectivity index (χ0) is 5.28. The van der Waals surface area contributed by atoms with Gasteiger partial charge in [0.05, 0.1) is 11.9 Å². The van der Waals surface area contributed by atoms with Gasteiger partial charge in [-0.1, -0.05) is 0 Å². The van der Waals surface area contributed by atoms with Crippen LogP contribution >= 0.6 is 0 Å². The molecule has 1 fully saturated rings. The highest BCUT2D eigenvalue weighted by Gasteiger charge is 2.19. The molecule has 40 valence electrons. The molecule has 0 bridgehead atoms. The first kappa shape index (κ1) is 4.62. The lowest BCUT2D eigenvalue weighted by molar-refractivity contribution is 1.06. The summed E-state index contributed by atoms with van der Waals surface area (Å²) in [6.07, 6.45) is 2.49. The van der Waals surface area contributed by atoms with Crippen molar-refractivity contribution in [2.75, 3.05) is 0 Å². The Morgan fingerprint density at radius 3 is 2.43 bits per heavy atom. The van der Waals surface area contributed by atoms with Gasteiger partial charge in [0, 0.05) is 0 Å². The molecule has 1 aliphatic carbocycles. The van der Waals surface area contributed by atoms with Gasteiger partial charge in [0.1, 0.15) is 0 Å². The topological polar surface area (TPSA) is 38.4 Å². The average Bonchev–Trinajstić information content (AvgIpc) is 2.17. The van der Waals surface area contributed by atoms with Crippen LogP contribution in [0.2, 0.25) is 0 Å². The number of nitrogens with zero attached hydrogens (tertiary/aromatic N) is 1. The molecule has 2 heteroatoms. The smallest absolute Gasteiger partial charge is 0.0909 e. The second-order valence-corrected chi connectivity index (χ2v) is 2.00. The van der Waals surface area contributed by atoms with Crippen LogP contribution in [0.1, 0.15) is 19.8 Å². The van der Waals surface area contributed by atoms with Crippen LogP contribution in [0.25, 0.3) is 0 Å². The van der Waals surface area contributed by atoms with Gasteiger partial charge in [0.15, 0.2) is 0 Å². The van der Waals surface area contributed by atoms with E-state index in [1.54, 1.807) is 0 Å². The quantitative estimate of drug-likeness (QED) is 0.377. The molecule has 1 saturated carbocycles. The highest BCUT2D eigenvalue weighted by molar-refractivity contribution is 5.77. The van der Waals surface area contributed by atoms with E-state index in [4.69, 9.17) is 5.73 Å². The summed E-state index contributed by atoms with van der Waals surface area (Å²) in [6, 6.07) is 0.588. The number of nitrogens with two attached hydrogens (primary N) is 1. The molecule has 2 nitrogen and oxygen atoms in total. The minimum atomic E-state index is 0.588. The van der Waals surface area contributed by atoms with Gasteiger partial charge in [-0.2, -0.15) is 0 Å². The molecule has 1 rings (SSSR count). The third kappa shape index (κ3) is 1.57. The molecule has 0 radical (unpaired) electrons. The molecule has 0 aromatic rings. The Hall–Kier alpha value is -0.530. The SMILES string of the molecule is CC(N)=NC1CC1. The molecule has 0 heterocycles. The van der Waals surface area contributed by atoms with Crippen LogP contribution in [0.5, 0.6) is 0 Å². The first-order valence-corrected chi connectivity index (χ1v) is 2.59. The lowest BCUT2D eigenvalue weighted by Gasteiger charge is -1.84. The predicted octanol–water partition coefficient (Wildman–Crippen LogP) is 0.526. The van der Waals surface area contributed by atoms with E-state index in [1.807, 2.05) is 6.92 Å². The number of rotatable bonds is 1. The number of hydrogen-bond donors (Lipinski definition) is 1. The predicted molar refractivity (Wildman–Crippen MR) is 30.3 cm³/mol. The van der Waals surface area contributed by atoms with E-state index in [1.165, 1.54) is 12.8 Å². The molecule has 0 unspecified atom stereocenters. The molecule has 0 atom stereocenters. The number of aliphatic imine (C=N–C) groups is 1. The zero-order valence-corrected chi connectivity index (χ0v) is 4.52. The average molecular weight is 98.1 g/mol. The van der Waals surface area contributed by atoms with Crippen molar-refractivity contribution in [1.29, 1.82) is 0 Å². The van der Waals surface area contributed by atoms with Gasteiger partial charge in [0.25, 0.3) is 0 Å². The lowest BCUT2D eigenvalue weighted by Crippen LogP contribution is -2.05. The van der Waals surface area contributed by atoms with Crippen LogP contribution in [-0.2, 0) is 0 Å². The van der Waals surface area contributed by atoms with Crippen molar-refractivity contribution < 1.29 is 0 Å². The molecular formula is C5H10N2. The van der Waals surface area contributed by atoms with Crippen molar-refractivity contribution in [3.05, 3.63) is 0 Å². The van der Waals surface area contributed by atoms with Gasteiger partial charge in [-0.3, -0.25) is 4.99 Å². The fourth-order valence-electron chi connectivity index (χ4n) is 0.492. The summed E-state index contributed by atoms with van der Waals surface area (Å²) in [5.41, 5.74) is 5.28. The van der Waals surface area contributed by atoms with E-state index in [9.17, 15) is 0 Å². The largest absolute Gasteiger partial charge is 0.388 e. The molecule has 0 saturated heterocycles. The molecule has 0 amide bonds. The first-order chi connectivity index (χ1) is 3.29. The van der Waals surface area contributed by atoms with Crippen molar-refractivity contribution in [2.24, 2.45) is 10.7 Å². The molecule has 1 aliphatic rings. The minimum Gasteiger partial charge on any atom is -0.388 e. The van der Waals surface area contributed by atoms with Crippen LogP contribution in [0.3, 0.4) is 0 Å². The zero-order valence-electron chi connectivity index (χ0n) is 4.52. The Labute approximate surface area is 43.4 Å². The van der Waals surface area contributed by atoms with Crippen LogP contribution in [0.4, 0.5) is 0 Å². The summed E-state index contributed by atoms with van der Waals surface area (Å²) < 4.78 is 0. The molecule has 0 aromatic heterocycles. The Morgan fingerprint density at radius 2 is 2.29 bits per heavy atom. The summed E-state index contributed by atoms with van der Waals surface area (Å²) in [4.78, 5) is 4.08. The number of amidine groups is 1. The van der Waals surface area contributed by atoms with Crippen LogP contribution in [-0.4, -0.2) is 11.9 Å². The van der Waals surface area contributed by atoms with Crippen LogP contribution in [0, 0.1) is 0 Å². The molecule has 0 aliphatic heterocycles. The standard InChI is InChI=1S/C5H10N2/c1-4(6)7-5-2-3-5/h5H,2-3H2,1H3,(H2,6,7). The van der Waals surface area contributed by atoms with E-state index < -0.39 is 0 Å². The van der Waals surface area contributed by atoms with Crippen molar-refractivity contribution >= 4 is 5.84 Å².